The Balaban J connectivity index is 2.33. The zero-order valence-corrected chi connectivity index (χ0v) is 8.35. The van der Waals surface area contributed by atoms with Crippen molar-refractivity contribution in [1.29, 1.82) is 0 Å². The molecule has 4 nitrogen and oxygen atoms in total. The predicted octanol–water partition coefficient (Wildman–Crippen LogP) is 1.42. The van der Waals surface area contributed by atoms with Crippen LogP contribution < -0.4 is 4.74 Å². The Labute approximate surface area is 88.1 Å². The molecule has 0 aromatic heterocycles. The van der Waals surface area contributed by atoms with Crippen LogP contribution in [0.3, 0.4) is 0 Å². The van der Waals surface area contributed by atoms with Crippen molar-refractivity contribution >= 4 is 5.97 Å². The Morgan fingerprint density at radius 2 is 2.20 bits per heavy atom. The Morgan fingerprint density at radius 3 is 2.87 bits per heavy atom. The molecule has 0 heterocycles. The van der Waals surface area contributed by atoms with E-state index in [0.29, 0.717) is 18.8 Å². The van der Waals surface area contributed by atoms with Gasteiger partial charge in [0.05, 0.1) is 13.2 Å². The maximum atomic E-state index is 10.2. The van der Waals surface area contributed by atoms with E-state index in [-0.39, 0.29) is 13.0 Å². The molecule has 0 atom stereocenters. The molecule has 0 unspecified atom stereocenters. The molecule has 1 aromatic carbocycles. The van der Waals surface area contributed by atoms with Crippen molar-refractivity contribution in [1.82, 2.24) is 0 Å². The minimum absolute atomic E-state index is 0.0215. The fourth-order valence-electron chi connectivity index (χ4n) is 1.15. The lowest BCUT2D eigenvalue weighted by atomic mass is 10.2. The van der Waals surface area contributed by atoms with Gasteiger partial charge in [-0.25, -0.2) is 0 Å². The molecule has 82 valence electrons. The van der Waals surface area contributed by atoms with Gasteiger partial charge < -0.3 is 14.9 Å². The SMILES string of the molecule is O=C(O)CCCOc1cccc(CO)c1. The third-order valence-electron chi connectivity index (χ3n) is 1.88. The number of aliphatic hydroxyl groups excluding tert-OH is 1. The molecular formula is C11H14O4. The van der Waals surface area contributed by atoms with Crippen LogP contribution in [0, 0.1) is 0 Å². The smallest absolute Gasteiger partial charge is 0.303 e. The van der Waals surface area contributed by atoms with Crippen LogP contribution in [0.1, 0.15) is 18.4 Å². The molecule has 4 heteroatoms. The molecule has 2 N–H and O–H groups in total. The molecule has 0 radical (unpaired) electrons. The number of ether oxygens (including phenoxy) is 1. The van der Waals surface area contributed by atoms with Crippen molar-refractivity contribution < 1.29 is 19.7 Å². The van der Waals surface area contributed by atoms with Crippen LogP contribution >= 0.6 is 0 Å². The van der Waals surface area contributed by atoms with Gasteiger partial charge in [-0.2, -0.15) is 0 Å². The number of aliphatic hydroxyl groups is 1. The van der Waals surface area contributed by atoms with Crippen LogP contribution in [0.4, 0.5) is 0 Å². The zero-order valence-electron chi connectivity index (χ0n) is 8.35. The molecule has 0 spiro atoms. The molecule has 0 bridgehead atoms. The van der Waals surface area contributed by atoms with Crippen molar-refractivity contribution in [3.63, 3.8) is 0 Å². The molecule has 1 rings (SSSR count). The van der Waals surface area contributed by atoms with Gasteiger partial charge in [0.1, 0.15) is 5.75 Å². The third-order valence-corrected chi connectivity index (χ3v) is 1.88. The molecule has 0 aliphatic rings. The van der Waals surface area contributed by atoms with Gasteiger partial charge in [0.15, 0.2) is 0 Å². The Bertz CT molecular complexity index is 322. The Hall–Kier alpha value is -1.55. The van der Waals surface area contributed by atoms with Gasteiger partial charge >= 0.3 is 5.97 Å². The third kappa shape index (κ3) is 4.46. The Kier molecular flexibility index (Phi) is 4.63. The molecule has 1 aromatic rings. The first-order chi connectivity index (χ1) is 7.22. The number of hydrogen-bond donors (Lipinski definition) is 2. The van der Waals surface area contributed by atoms with E-state index in [9.17, 15) is 4.79 Å². The molecule has 15 heavy (non-hydrogen) atoms. The van der Waals surface area contributed by atoms with Gasteiger partial charge in [0, 0.05) is 6.42 Å². The van der Waals surface area contributed by atoms with Crippen molar-refractivity contribution in [3.05, 3.63) is 29.8 Å². The summed E-state index contributed by atoms with van der Waals surface area (Å²) in [5.41, 5.74) is 0.783. The predicted molar refractivity (Wildman–Crippen MR) is 54.7 cm³/mol. The van der Waals surface area contributed by atoms with Crippen LogP contribution in [-0.2, 0) is 11.4 Å². The summed E-state index contributed by atoms with van der Waals surface area (Å²) in [7, 11) is 0. The highest BCUT2D eigenvalue weighted by atomic mass is 16.5. The quantitative estimate of drug-likeness (QED) is 0.697. The first-order valence-electron chi connectivity index (χ1n) is 4.77. The average molecular weight is 210 g/mol. The molecule has 0 aliphatic carbocycles. The topological polar surface area (TPSA) is 66.8 Å². The van der Waals surface area contributed by atoms with Gasteiger partial charge in [0.2, 0.25) is 0 Å². The first kappa shape index (κ1) is 11.5. The lowest BCUT2D eigenvalue weighted by Crippen LogP contribution is -2.02. The standard InChI is InChI=1S/C11H14O4/c12-8-9-3-1-4-10(7-9)15-6-2-5-11(13)14/h1,3-4,7,12H,2,5-6,8H2,(H,13,14). The summed E-state index contributed by atoms with van der Waals surface area (Å²) in [6.07, 6.45) is 0.596. The fourth-order valence-corrected chi connectivity index (χ4v) is 1.15. The fraction of sp³-hybridized carbons (Fsp3) is 0.364. The minimum Gasteiger partial charge on any atom is -0.494 e. The van der Waals surface area contributed by atoms with E-state index in [1.807, 2.05) is 0 Å². The van der Waals surface area contributed by atoms with Gasteiger partial charge in [-0.05, 0) is 24.1 Å². The summed E-state index contributed by atoms with van der Waals surface area (Å²) in [5, 5.41) is 17.3. The molecule has 0 amide bonds. The van der Waals surface area contributed by atoms with Gasteiger partial charge in [-0.15, -0.1) is 0 Å². The summed E-state index contributed by atoms with van der Waals surface area (Å²) in [4.78, 5) is 10.2. The average Bonchev–Trinajstić information content (AvgIpc) is 2.24. The second kappa shape index (κ2) is 6.03. The summed E-state index contributed by atoms with van der Waals surface area (Å²) in [6.45, 7) is 0.355. The van der Waals surface area contributed by atoms with E-state index >= 15 is 0 Å². The monoisotopic (exact) mass is 210 g/mol. The van der Waals surface area contributed by atoms with E-state index in [0.717, 1.165) is 5.56 Å². The molecule has 0 fully saturated rings. The number of carbonyl (C=O) groups is 1. The van der Waals surface area contributed by atoms with E-state index in [4.69, 9.17) is 14.9 Å². The van der Waals surface area contributed by atoms with Gasteiger partial charge in [-0.1, -0.05) is 12.1 Å². The number of benzene rings is 1. The highest BCUT2D eigenvalue weighted by molar-refractivity contribution is 5.66. The summed E-state index contributed by atoms with van der Waals surface area (Å²) < 4.78 is 5.32. The minimum atomic E-state index is -0.817. The molecule has 0 saturated carbocycles. The normalized spacial score (nSPS) is 9.93. The number of hydrogen-bond acceptors (Lipinski definition) is 3. The number of rotatable bonds is 6. The number of carboxylic acids is 1. The maximum Gasteiger partial charge on any atom is 0.303 e. The van der Waals surface area contributed by atoms with Gasteiger partial charge in [0.25, 0.3) is 0 Å². The summed E-state index contributed by atoms with van der Waals surface area (Å²) in [6, 6.07) is 7.10. The number of carboxylic acid groups (broad SMARTS) is 1. The Morgan fingerprint density at radius 1 is 1.40 bits per heavy atom. The van der Waals surface area contributed by atoms with Crippen molar-refractivity contribution in [2.24, 2.45) is 0 Å². The van der Waals surface area contributed by atoms with Crippen molar-refractivity contribution in [2.45, 2.75) is 19.4 Å². The van der Waals surface area contributed by atoms with Crippen molar-refractivity contribution in [2.75, 3.05) is 6.61 Å². The van der Waals surface area contributed by atoms with Gasteiger partial charge in [-0.3, -0.25) is 4.79 Å². The highest BCUT2D eigenvalue weighted by Crippen LogP contribution is 2.13. The van der Waals surface area contributed by atoms with Crippen molar-refractivity contribution in [3.8, 4) is 5.75 Å². The van der Waals surface area contributed by atoms with Crippen LogP contribution in [0.5, 0.6) is 5.75 Å². The molecule has 0 aliphatic heterocycles. The van der Waals surface area contributed by atoms with E-state index in [1.165, 1.54) is 0 Å². The highest BCUT2D eigenvalue weighted by Gasteiger charge is 1.98. The van der Waals surface area contributed by atoms with E-state index < -0.39 is 5.97 Å². The largest absolute Gasteiger partial charge is 0.494 e. The maximum absolute atomic E-state index is 10.2. The number of aliphatic carboxylic acids is 1. The second-order valence-corrected chi connectivity index (χ2v) is 3.15. The van der Waals surface area contributed by atoms with Crippen LogP contribution in [-0.4, -0.2) is 22.8 Å². The first-order valence-corrected chi connectivity index (χ1v) is 4.77. The lowest BCUT2D eigenvalue weighted by molar-refractivity contribution is -0.137. The summed E-state index contributed by atoms with van der Waals surface area (Å²) in [5.74, 6) is -0.158. The van der Waals surface area contributed by atoms with Crippen LogP contribution in [0.15, 0.2) is 24.3 Å². The summed E-state index contributed by atoms with van der Waals surface area (Å²) >= 11 is 0. The molecular weight excluding hydrogens is 196 g/mol. The van der Waals surface area contributed by atoms with E-state index in [1.54, 1.807) is 24.3 Å². The van der Waals surface area contributed by atoms with Crippen LogP contribution in [0.2, 0.25) is 0 Å². The van der Waals surface area contributed by atoms with E-state index in [2.05, 4.69) is 0 Å². The lowest BCUT2D eigenvalue weighted by Gasteiger charge is -2.05. The van der Waals surface area contributed by atoms with Crippen LogP contribution in [0.25, 0.3) is 0 Å². The molecule has 0 saturated heterocycles. The second-order valence-electron chi connectivity index (χ2n) is 3.15. The zero-order chi connectivity index (χ0) is 11.1.